The summed E-state index contributed by atoms with van der Waals surface area (Å²) in [7, 11) is 0. The minimum Gasteiger partial charge on any atom is -0.396 e. The third-order valence-electron chi connectivity index (χ3n) is 3.90. The first kappa shape index (κ1) is 16.2. The Kier molecular flexibility index (Phi) is 5.53. The first-order chi connectivity index (χ1) is 10.0. The van der Waals surface area contributed by atoms with Gasteiger partial charge < -0.3 is 10.0 Å². The number of amides is 1. The minimum absolute atomic E-state index is 0.0311. The summed E-state index contributed by atoms with van der Waals surface area (Å²) in [4.78, 5) is 13.6. The van der Waals surface area contributed by atoms with Crippen LogP contribution in [0.3, 0.4) is 0 Å². The highest BCUT2D eigenvalue weighted by molar-refractivity contribution is 6.27. The molecule has 1 aromatic carbocycles. The molecule has 0 unspecified atom stereocenters. The Morgan fingerprint density at radius 3 is 2.71 bits per heavy atom. The first-order valence-corrected chi connectivity index (χ1v) is 7.41. The lowest BCUT2D eigenvalue weighted by Crippen LogP contribution is -2.48. The van der Waals surface area contributed by atoms with Crippen LogP contribution in [0.1, 0.15) is 30.4 Å². The predicted octanol–water partition coefficient (Wildman–Crippen LogP) is 2.96. The van der Waals surface area contributed by atoms with Crippen molar-refractivity contribution in [1.82, 2.24) is 4.90 Å². The summed E-state index contributed by atoms with van der Waals surface area (Å²) in [5.74, 6) is -0.122. The molecule has 0 aliphatic heterocycles. The van der Waals surface area contributed by atoms with E-state index in [2.05, 4.69) is 0 Å². The minimum atomic E-state index is -2.52. The number of benzene rings is 1. The van der Waals surface area contributed by atoms with Crippen molar-refractivity contribution in [3.8, 4) is 0 Å². The van der Waals surface area contributed by atoms with E-state index in [-0.39, 0.29) is 42.5 Å². The number of halogens is 3. The third kappa shape index (κ3) is 3.92. The molecule has 1 N–H and O–H groups in total. The molecule has 0 atom stereocenters. The zero-order valence-electron chi connectivity index (χ0n) is 11.5. The Balaban J connectivity index is 2.08. The van der Waals surface area contributed by atoms with E-state index in [1.807, 2.05) is 0 Å². The molecule has 0 spiro atoms. The molecular formula is C15H18ClF2NO2. The van der Waals surface area contributed by atoms with E-state index < -0.39 is 6.43 Å². The van der Waals surface area contributed by atoms with Crippen LogP contribution >= 0.6 is 11.6 Å². The van der Waals surface area contributed by atoms with Gasteiger partial charge in [-0.1, -0.05) is 18.2 Å². The van der Waals surface area contributed by atoms with Crippen LogP contribution in [0.5, 0.6) is 0 Å². The molecule has 3 nitrogen and oxygen atoms in total. The average molecular weight is 318 g/mol. The number of carbonyl (C=O) groups is 1. The summed E-state index contributed by atoms with van der Waals surface area (Å²) < 4.78 is 25.4. The van der Waals surface area contributed by atoms with Gasteiger partial charge >= 0.3 is 0 Å². The summed E-state index contributed by atoms with van der Waals surface area (Å²) in [6, 6.07) is 6.11. The molecule has 1 aliphatic rings. The number of rotatable bonds is 6. The number of nitrogens with zero attached hydrogens (tertiary/aromatic N) is 1. The van der Waals surface area contributed by atoms with Crippen LogP contribution in [-0.4, -0.2) is 34.4 Å². The van der Waals surface area contributed by atoms with Crippen LogP contribution in [0, 0.1) is 5.92 Å². The lowest BCUT2D eigenvalue weighted by atomic mass is 9.79. The van der Waals surface area contributed by atoms with Gasteiger partial charge in [0.1, 0.15) is 5.88 Å². The molecule has 1 aromatic rings. The molecule has 1 amide bonds. The third-order valence-corrected chi connectivity index (χ3v) is 4.13. The monoisotopic (exact) mass is 317 g/mol. The molecule has 1 fully saturated rings. The number of aliphatic hydroxyl groups is 1. The lowest BCUT2D eigenvalue weighted by molar-refractivity contribution is -0.134. The lowest BCUT2D eigenvalue weighted by Gasteiger charge is -2.42. The van der Waals surface area contributed by atoms with E-state index in [0.29, 0.717) is 5.56 Å². The average Bonchev–Trinajstić information content (AvgIpc) is 2.44. The Labute approximate surface area is 127 Å². The van der Waals surface area contributed by atoms with Crippen LogP contribution in [0.15, 0.2) is 24.3 Å². The summed E-state index contributed by atoms with van der Waals surface area (Å²) in [5, 5.41) is 9.06. The van der Waals surface area contributed by atoms with Gasteiger partial charge in [0.05, 0.1) is 0 Å². The van der Waals surface area contributed by atoms with E-state index >= 15 is 0 Å². The molecule has 1 saturated carbocycles. The molecule has 1 aliphatic carbocycles. The molecule has 116 valence electrons. The Hall–Kier alpha value is -1.20. The van der Waals surface area contributed by atoms with Crippen LogP contribution < -0.4 is 0 Å². The Morgan fingerprint density at radius 2 is 2.14 bits per heavy atom. The van der Waals surface area contributed by atoms with Gasteiger partial charge in [0.25, 0.3) is 6.43 Å². The van der Waals surface area contributed by atoms with Gasteiger partial charge in [-0.3, -0.25) is 4.79 Å². The fourth-order valence-corrected chi connectivity index (χ4v) is 2.78. The van der Waals surface area contributed by atoms with Gasteiger partial charge in [-0.25, -0.2) is 8.78 Å². The summed E-state index contributed by atoms with van der Waals surface area (Å²) in [6.45, 7) is 0.384. The summed E-state index contributed by atoms with van der Waals surface area (Å²) in [6.07, 6.45) is -1.06. The molecular weight excluding hydrogens is 300 g/mol. The first-order valence-electron chi connectivity index (χ1n) is 6.88. The van der Waals surface area contributed by atoms with Crippen molar-refractivity contribution in [2.24, 2.45) is 5.92 Å². The second-order valence-corrected chi connectivity index (χ2v) is 5.64. The van der Waals surface area contributed by atoms with Gasteiger partial charge in [-0.05, 0) is 30.4 Å². The van der Waals surface area contributed by atoms with Crippen LogP contribution in [0.2, 0.25) is 0 Å². The quantitative estimate of drug-likeness (QED) is 0.820. The highest BCUT2D eigenvalue weighted by Gasteiger charge is 2.35. The summed E-state index contributed by atoms with van der Waals surface area (Å²) >= 11 is 5.63. The number of hydrogen-bond acceptors (Lipinski definition) is 2. The fraction of sp³-hybridized carbons (Fsp3) is 0.533. The molecule has 0 saturated heterocycles. The van der Waals surface area contributed by atoms with Crippen molar-refractivity contribution in [3.63, 3.8) is 0 Å². The fourth-order valence-electron chi connectivity index (χ4n) is 2.63. The largest absolute Gasteiger partial charge is 0.396 e. The maximum absolute atomic E-state index is 12.7. The number of alkyl halides is 3. The van der Waals surface area contributed by atoms with Gasteiger partial charge in [-0.2, -0.15) is 0 Å². The molecule has 6 heteroatoms. The van der Waals surface area contributed by atoms with Crippen molar-refractivity contribution >= 4 is 17.5 Å². The smallest absolute Gasteiger partial charge is 0.263 e. The molecule has 21 heavy (non-hydrogen) atoms. The highest BCUT2D eigenvalue weighted by Crippen LogP contribution is 2.32. The van der Waals surface area contributed by atoms with Crippen LogP contribution in [0.4, 0.5) is 8.78 Å². The highest BCUT2D eigenvalue weighted by atomic mass is 35.5. The molecule has 2 rings (SSSR count). The van der Waals surface area contributed by atoms with Crippen molar-refractivity contribution in [3.05, 3.63) is 35.4 Å². The van der Waals surface area contributed by atoms with E-state index in [9.17, 15) is 13.6 Å². The number of aliphatic hydroxyl groups excluding tert-OH is 1. The molecule has 0 radical (unpaired) electrons. The Morgan fingerprint density at radius 1 is 1.43 bits per heavy atom. The number of carbonyl (C=O) groups excluding carboxylic acids is 1. The topological polar surface area (TPSA) is 40.5 Å². The SMILES string of the molecule is O=C(CCl)N(Cc1cccc(C(F)F)c1)C1CC(CO)C1. The molecule has 0 heterocycles. The van der Waals surface area contributed by atoms with Crippen LogP contribution in [0.25, 0.3) is 0 Å². The van der Waals surface area contributed by atoms with Gasteiger partial charge in [0.2, 0.25) is 5.91 Å². The maximum Gasteiger partial charge on any atom is 0.263 e. The maximum atomic E-state index is 12.7. The molecule has 0 aromatic heterocycles. The van der Waals surface area contributed by atoms with Gasteiger partial charge in [0, 0.05) is 24.8 Å². The predicted molar refractivity (Wildman–Crippen MR) is 76.3 cm³/mol. The van der Waals surface area contributed by atoms with Gasteiger partial charge in [0.15, 0.2) is 0 Å². The standard InChI is InChI=1S/C15H18ClF2NO2/c16-7-14(21)19(13-5-11(6-13)9-20)8-10-2-1-3-12(4-10)15(17)18/h1-4,11,13,15,20H,5-9H2. The van der Waals surface area contributed by atoms with Crippen molar-refractivity contribution in [2.75, 3.05) is 12.5 Å². The second kappa shape index (κ2) is 7.18. The zero-order chi connectivity index (χ0) is 15.4. The van der Waals surface area contributed by atoms with E-state index in [4.69, 9.17) is 16.7 Å². The Bertz CT molecular complexity index is 492. The molecule has 0 bridgehead atoms. The van der Waals surface area contributed by atoms with Gasteiger partial charge in [-0.15, -0.1) is 11.6 Å². The van der Waals surface area contributed by atoms with E-state index in [1.165, 1.54) is 12.1 Å². The second-order valence-electron chi connectivity index (χ2n) is 5.37. The summed E-state index contributed by atoms with van der Waals surface area (Å²) in [5.41, 5.74) is 0.617. The van der Waals surface area contributed by atoms with E-state index in [1.54, 1.807) is 17.0 Å². The van der Waals surface area contributed by atoms with Crippen molar-refractivity contribution in [1.29, 1.82) is 0 Å². The normalized spacial score (nSPS) is 21.2. The van der Waals surface area contributed by atoms with E-state index in [0.717, 1.165) is 12.8 Å². The van der Waals surface area contributed by atoms with Crippen LogP contribution in [-0.2, 0) is 11.3 Å². The number of hydrogen-bond donors (Lipinski definition) is 1. The van der Waals surface area contributed by atoms with Crippen molar-refractivity contribution in [2.45, 2.75) is 31.9 Å². The zero-order valence-corrected chi connectivity index (χ0v) is 12.3. The van der Waals surface area contributed by atoms with Crippen molar-refractivity contribution < 1.29 is 18.7 Å².